The maximum Gasteiger partial charge on any atom is 0.122 e. The van der Waals surface area contributed by atoms with E-state index in [1.807, 2.05) is 6.07 Å². The van der Waals surface area contributed by atoms with Crippen molar-refractivity contribution in [2.75, 3.05) is 13.7 Å². The molecule has 0 aromatic heterocycles. The molecule has 2 N–H and O–H groups in total. The Morgan fingerprint density at radius 1 is 1.22 bits per heavy atom. The van der Waals surface area contributed by atoms with E-state index in [2.05, 4.69) is 25.1 Å². The van der Waals surface area contributed by atoms with Crippen LogP contribution in [0.4, 0.5) is 0 Å². The van der Waals surface area contributed by atoms with Crippen molar-refractivity contribution in [3.63, 3.8) is 0 Å². The number of benzene rings is 1. The van der Waals surface area contributed by atoms with Crippen molar-refractivity contribution in [2.24, 2.45) is 23.5 Å². The molecule has 18 heavy (non-hydrogen) atoms. The molecule has 2 rings (SSSR count). The maximum absolute atomic E-state index is 5.93. The molecule has 0 radical (unpaired) electrons. The smallest absolute Gasteiger partial charge is 0.122 e. The Balaban J connectivity index is 2.10. The molecule has 1 aliphatic rings. The van der Waals surface area contributed by atoms with E-state index in [1.165, 1.54) is 24.8 Å². The zero-order valence-corrected chi connectivity index (χ0v) is 11.6. The molecule has 0 spiro atoms. The van der Waals surface area contributed by atoms with E-state index in [-0.39, 0.29) is 0 Å². The quantitative estimate of drug-likeness (QED) is 0.886. The normalized spacial score (nSPS) is 28.1. The summed E-state index contributed by atoms with van der Waals surface area (Å²) in [6, 6.07) is 8.37. The average molecular weight is 247 g/mol. The number of ether oxygens (including phenoxy) is 1. The van der Waals surface area contributed by atoms with Crippen molar-refractivity contribution >= 4 is 0 Å². The molecule has 1 aliphatic carbocycles. The molecule has 3 unspecified atom stereocenters. The topological polar surface area (TPSA) is 35.2 Å². The van der Waals surface area contributed by atoms with Gasteiger partial charge in [0.1, 0.15) is 5.75 Å². The van der Waals surface area contributed by atoms with Gasteiger partial charge in [0, 0.05) is 0 Å². The minimum atomic E-state index is 0.686. The first kappa shape index (κ1) is 13.4. The highest BCUT2D eigenvalue weighted by molar-refractivity contribution is 5.33. The standard InChI is InChI=1S/C16H25NO/c1-12-7-8-14(11-17)15(9-12)10-13-5-3-4-6-16(13)18-2/h3-6,12,14-15H,7-11,17H2,1-2H3. The van der Waals surface area contributed by atoms with Gasteiger partial charge in [0.15, 0.2) is 0 Å². The first-order valence-electron chi connectivity index (χ1n) is 7.06. The number of hydrogen-bond donors (Lipinski definition) is 1. The minimum Gasteiger partial charge on any atom is -0.496 e. The summed E-state index contributed by atoms with van der Waals surface area (Å²) in [4.78, 5) is 0. The fourth-order valence-corrected chi connectivity index (χ4v) is 3.28. The first-order valence-corrected chi connectivity index (χ1v) is 7.06. The van der Waals surface area contributed by atoms with E-state index < -0.39 is 0 Å². The van der Waals surface area contributed by atoms with E-state index in [4.69, 9.17) is 10.5 Å². The molecule has 1 aromatic rings. The Kier molecular flexibility index (Phi) is 4.65. The van der Waals surface area contributed by atoms with Crippen molar-refractivity contribution in [1.29, 1.82) is 0 Å². The highest BCUT2D eigenvalue weighted by atomic mass is 16.5. The molecule has 0 bridgehead atoms. The molecule has 1 aromatic carbocycles. The van der Waals surface area contributed by atoms with Gasteiger partial charge < -0.3 is 10.5 Å². The average Bonchev–Trinajstić information content (AvgIpc) is 2.40. The molecule has 1 saturated carbocycles. The third kappa shape index (κ3) is 3.05. The van der Waals surface area contributed by atoms with Gasteiger partial charge in [-0.3, -0.25) is 0 Å². The summed E-state index contributed by atoms with van der Waals surface area (Å²) in [6.45, 7) is 3.19. The fourth-order valence-electron chi connectivity index (χ4n) is 3.28. The minimum absolute atomic E-state index is 0.686. The molecule has 0 heterocycles. The second kappa shape index (κ2) is 6.24. The molecular formula is C16H25NO. The zero-order chi connectivity index (χ0) is 13.0. The SMILES string of the molecule is COc1ccccc1CC1CC(C)CCC1CN. The Labute approximate surface area is 111 Å². The van der Waals surface area contributed by atoms with Crippen LogP contribution in [-0.4, -0.2) is 13.7 Å². The van der Waals surface area contributed by atoms with Crippen molar-refractivity contribution in [3.05, 3.63) is 29.8 Å². The van der Waals surface area contributed by atoms with Crippen molar-refractivity contribution < 1.29 is 4.74 Å². The lowest BCUT2D eigenvalue weighted by atomic mass is 9.72. The van der Waals surface area contributed by atoms with Gasteiger partial charge in [0.2, 0.25) is 0 Å². The molecule has 100 valence electrons. The third-order valence-electron chi connectivity index (χ3n) is 4.38. The van der Waals surface area contributed by atoms with Crippen LogP contribution < -0.4 is 10.5 Å². The summed E-state index contributed by atoms with van der Waals surface area (Å²) in [7, 11) is 1.75. The molecule has 0 saturated heterocycles. The summed E-state index contributed by atoms with van der Waals surface area (Å²) in [5.74, 6) is 3.26. The van der Waals surface area contributed by atoms with E-state index >= 15 is 0 Å². The molecule has 1 fully saturated rings. The number of methoxy groups -OCH3 is 1. The third-order valence-corrected chi connectivity index (χ3v) is 4.38. The lowest BCUT2D eigenvalue weighted by molar-refractivity contribution is 0.192. The Morgan fingerprint density at radius 2 is 2.00 bits per heavy atom. The largest absolute Gasteiger partial charge is 0.496 e. The van der Waals surface area contributed by atoms with Gasteiger partial charge in [0.25, 0.3) is 0 Å². The van der Waals surface area contributed by atoms with E-state index in [0.717, 1.165) is 30.6 Å². The number of para-hydroxylation sites is 1. The molecule has 2 heteroatoms. The van der Waals surface area contributed by atoms with Crippen LogP contribution in [0.1, 0.15) is 31.7 Å². The summed E-state index contributed by atoms with van der Waals surface area (Å²) >= 11 is 0. The second-order valence-electron chi connectivity index (χ2n) is 5.69. The van der Waals surface area contributed by atoms with Crippen molar-refractivity contribution in [2.45, 2.75) is 32.6 Å². The van der Waals surface area contributed by atoms with Crippen LogP contribution in [0, 0.1) is 17.8 Å². The van der Waals surface area contributed by atoms with E-state index in [1.54, 1.807) is 7.11 Å². The zero-order valence-electron chi connectivity index (χ0n) is 11.6. The lowest BCUT2D eigenvalue weighted by Crippen LogP contribution is -2.31. The molecular weight excluding hydrogens is 222 g/mol. The highest BCUT2D eigenvalue weighted by Gasteiger charge is 2.28. The predicted octanol–water partition coefficient (Wildman–Crippen LogP) is 3.25. The molecule has 0 aliphatic heterocycles. The summed E-state index contributed by atoms with van der Waals surface area (Å²) in [5, 5.41) is 0. The number of nitrogens with two attached hydrogens (primary N) is 1. The number of rotatable bonds is 4. The van der Waals surface area contributed by atoms with E-state index in [9.17, 15) is 0 Å². The van der Waals surface area contributed by atoms with Crippen LogP contribution in [0.5, 0.6) is 5.75 Å². The fraction of sp³-hybridized carbons (Fsp3) is 0.625. The maximum atomic E-state index is 5.93. The van der Waals surface area contributed by atoms with Crippen molar-refractivity contribution in [1.82, 2.24) is 0 Å². The summed E-state index contributed by atoms with van der Waals surface area (Å²) in [6.07, 6.45) is 5.04. The van der Waals surface area contributed by atoms with Crippen LogP contribution in [0.25, 0.3) is 0 Å². The van der Waals surface area contributed by atoms with Gasteiger partial charge in [-0.15, -0.1) is 0 Å². The van der Waals surface area contributed by atoms with Gasteiger partial charge in [-0.25, -0.2) is 0 Å². The van der Waals surface area contributed by atoms with Crippen LogP contribution in [-0.2, 0) is 6.42 Å². The first-order chi connectivity index (χ1) is 8.74. The molecule has 3 atom stereocenters. The molecule has 2 nitrogen and oxygen atoms in total. The van der Waals surface area contributed by atoms with E-state index in [0.29, 0.717) is 5.92 Å². The van der Waals surface area contributed by atoms with Crippen LogP contribution in [0.2, 0.25) is 0 Å². The monoisotopic (exact) mass is 247 g/mol. The number of hydrogen-bond acceptors (Lipinski definition) is 2. The summed E-state index contributed by atoms with van der Waals surface area (Å²) in [5.41, 5.74) is 7.26. The Hall–Kier alpha value is -1.02. The summed E-state index contributed by atoms with van der Waals surface area (Å²) < 4.78 is 5.45. The van der Waals surface area contributed by atoms with Gasteiger partial charge in [0.05, 0.1) is 7.11 Å². The van der Waals surface area contributed by atoms with Gasteiger partial charge in [-0.1, -0.05) is 31.5 Å². The second-order valence-corrected chi connectivity index (χ2v) is 5.69. The highest BCUT2D eigenvalue weighted by Crippen LogP contribution is 2.36. The van der Waals surface area contributed by atoms with Crippen molar-refractivity contribution in [3.8, 4) is 5.75 Å². The Morgan fingerprint density at radius 3 is 2.72 bits per heavy atom. The van der Waals surface area contributed by atoms with Crippen LogP contribution in [0.3, 0.4) is 0 Å². The Bertz CT molecular complexity index is 377. The van der Waals surface area contributed by atoms with Gasteiger partial charge in [-0.2, -0.15) is 0 Å². The van der Waals surface area contributed by atoms with Gasteiger partial charge >= 0.3 is 0 Å². The molecule has 0 amide bonds. The predicted molar refractivity (Wildman–Crippen MR) is 75.7 cm³/mol. The van der Waals surface area contributed by atoms with Crippen LogP contribution in [0.15, 0.2) is 24.3 Å². The lowest BCUT2D eigenvalue weighted by Gasteiger charge is -2.34. The van der Waals surface area contributed by atoms with Gasteiger partial charge in [-0.05, 0) is 55.2 Å². The van der Waals surface area contributed by atoms with Crippen LogP contribution >= 0.6 is 0 Å².